The van der Waals surface area contributed by atoms with E-state index in [4.69, 9.17) is 9.47 Å². The van der Waals surface area contributed by atoms with Crippen molar-refractivity contribution >= 4 is 29.2 Å². The number of urea groups is 1. The first kappa shape index (κ1) is 22.8. The molecule has 174 valence electrons. The van der Waals surface area contributed by atoms with Crippen LogP contribution >= 0.6 is 0 Å². The Morgan fingerprint density at radius 2 is 1.59 bits per heavy atom. The van der Waals surface area contributed by atoms with Crippen molar-refractivity contribution in [3.8, 4) is 11.5 Å². The number of hydrogen-bond acceptors (Lipinski definition) is 5. The first-order valence-electron chi connectivity index (χ1n) is 10.8. The molecule has 8 nitrogen and oxygen atoms in total. The number of ether oxygens (including phenoxy) is 2. The van der Waals surface area contributed by atoms with Crippen LogP contribution in [0.15, 0.2) is 78.9 Å². The molecule has 1 fully saturated rings. The van der Waals surface area contributed by atoms with E-state index in [0.29, 0.717) is 22.9 Å². The van der Waals surface area contributed by atoms with Gasteiger partial charge in [-0.2, -0.15) is 0 Å². The van der Waals surface area contributed by atoms with Crippen LogP contribution < -0.4 is 19.7 Å². The van der Waals surface area contributed by atoms with Crippen LogP contribution in [-0.4, -0.2) is 43.0 Å². The molecule has 0 spiro atoms. The molecule has 4 amide bonds. The van der Waals surface area contributed by atoms with Crippen molar-refractivity contribution in [3.63, 3.8) is 0 Å². The molecule has 0 radical (unpaired) electrons. The van der Waals surface area contributed by atoms with Crippen LogP contribution in [0.2, 0.25) is 0 Å². The van der Waals surface area contributed by atoms with Gasteiger partial charge >= 0.3 is 6.03 Å². The molecule has 1 atom stereocenters. The number of para-hydroxylation sites is 1. The molecule has 0 saturated carbocycles. The van der Waals surface area contributed by atoms with E-state index in [9.17, 15) is 14.4 Å². The van der Waals surface area contributed by atoms with E-state index in [1.807, 2.05) is 18.2 Å². The summed E-state index contributed by atoms with van der Waals surface area (Å²) in [5.74, 6) is 0.383. The zero-order valence-corrected chi connectivity index (χ0v) is 18.9. The maximum atomic E-state index is 13.4. The molecule has 34 heavy (non-hydrogen) atoms. The Kier molecular flexibility index (Phi) is 6.77. The highest BCUT2D eigenvalue weighted by Crippen LogP contribution is 2.31. The van der Waals surface area contributed by atoms with Gasteiger partial charge in [-0.25, -0.2) is 9.69 Å². The van der Waals surface area contributed by atoms with Gasteiger partial charge in [-0.1, -0.05) is 36.4 Å². The van der Waals surface area contributed by atoms with E-state index in [2.05, 4.69) is 5.32 Å². The first-order valence-corrected chi connectivity index (χ1v) is 10.8. The SMILES string of the molecule is COc1ccc(CN2C(=O)N(c3cccc(OC)c3)C(=O)[C@H]2CC(=O)Nc2ccccc2)cc1. The average molecular weight is 460 g/mol. The van der Waals surface area contributed by atoms with E-state index < -0.39 is 18.0 Å². The predicted molar refractivity (Wildman–Crippen MR) is 128 cm³/mol. The number of carbonyl (C=O) groups excluding carboxylic acids is 3. The van der Waals surface area contributed by atoms with E-state index in [0.717, 1.165) is 10.5 Å². The van der Waals surface area contributed by atoms with Gasteiger partial charge in [-0.05, 0) is 42.0 Å². The minimum atomic E-state index is -0.954. The number of anilines is 2. The van der Waals surface area contributed by atoms with Crippen LogP contribution in [-0.2, 0) is 16.1 Å². The van der Waals surface area contributed by atoms with Gasteiger partial charge in [0.25, 0.3) is 5.91 Å². The predicted octanol–water partition coefficient (Wildman–Crippen LogP) is 4.07. The Bertz CT molecular complexity index is 1180. The number of rotatable bonds is 8. The summed E-state index contributed by atoms with van der Waals surface area (Å²) in [5, 5.41) is 2.79. The Morgan fingerprint density at radius 3 is 2.26 bits per heavy atom. The molecule has 3 aromatic rings. The van der Waals surface area contributed by atoms with E-state index in [1.54, 1.807) is 67.8 Å². The Hall–Kier alpha value is -4.33. The van der Waals surface area contributed by atoms with Crippen LogP contribution in [0.25, 0.3) is 0 Å². The fraction of sp³-hybridized carbons (Fsp3) is 0.192. The largest absolute Gasteiger partial charge is 0.497 e. The Labute approximate surface area is 197 Å². The molecule has 1 heterocycles. The van der Waals surface area contributed by atoms with Gasteiger partial charge in [-0.15, -0.1) is 0 Å². The monoisotopic (exact) mass is 459 g/mol. The zero-order valence-electron chi connectivity index (χ0n) is 18.9. The number of imide groups is 1. The molecule has 1 N–H and O–H groups in total. The summed E-state index contributed by atoms with van der Waals surface area (Å²) in [6.45, 7) is 0.165. The first-order chi connectivity index (χ1) is 16.5. The maximum Gasteiger partial charge on any atom is 0.332 e. The van der Waals surface area contributed by atoms with Gasteiger partial charge in [0.05, 0.1) is 26.3 Å². The summed E-state index contributed by atoms with van der Waals surface area (Å²) in [6.07, 6.45) is -0.171. The van der Waals surface area contributed by atoms with Crippen LogP contribution in [0.4, 0.5) is 16.2 Å². The minimum Gasteiger partial charge on any atom is -0.497 e. The molecule has 0 aliphatic carbocycles. The quantitative estimate of drug-likeness (QED) is 0.513. The fourth-order valence-corrected chi connectivity index (χ4v) is 3.84. The number of carbonyl (C=O) groups is 3. The number of benzene rings is 3. The van der Waals surface area contributed by atoms with E-state index in [1.165, 1.54) is 12.0 Å². The summed E-state index contributed by atoms with van der Waals surface area (Å²) in [5.41, 5.74) is 1.82. The summed E-state index contributed by atoms with van der Waals surface area (Å²) in [4.78, 5) is 42.2. The summed E-state index contributed by atoms with van der Waals surface area (Å²) >= 11 is 0. The third kappa shape index (κ3) is 4.85. The normalized spacial score (nSPS) is 15.4. The molecule has 8 heteroatoms. The summed E-state index contributed by atoms with van der Waals surface area (Å²) < 4.78 is 10.4. The second kappa shape index (κ2) is 10.1. The Morgan fingerprint density at radius 1 is 0.882 bits per heavy atom. The lowest BCUT2D eigenvalue weighted by Crippen LogP contribution is -2.37. The van der Waals surface area contributed by atoms with Crippen molar-refractivity contribution in [3.05, 3.63) is 84.4 Å². The van der Waals surface area contributed by atoms with Crippen molar-refractivity contribution in [1.82, 2.24) is 4.90 Å². The fourth-order valence-electron chi connectivity index (χ4n) is 3.84. The molecule has 1 aliphatic heterocycles. The number of nitrogens with zero attached hydrogens (tertiary/aromatic N) is 2. The zero-order chi connectivity index (χ0) is 24.1. The number of methoxy groups -OCH3 is 2. The molecule has 0 aromatic heterocycles. The van der Waals surface area contributed by atoms with Gasteiger partial charge < -0.3 is 19.7 Å². The van der Waals surface area contributed by atoms with Gasteiger partial charge in [0.1, 0.15) is 17.5 Å². The van der Waals surface area contributed by atoms with Crippen molar-refractivity contribution in [2.45, 2.75) is 19.0 Å². The van der Waals surface area contributed by atoms with Gasteiger partial charge in [0.2, 0.25) is 5.91 Å². The minimum absolute atomic E-state index is 0.165. The molecule has 0 bridgehead atoms. The molecule has 1 saturated heterocycles. The van der Waals surface area contributed by atoms with Crippen LogP contribution in [0, 0.1) is 0 Å². The smallest absolute Gasteiger partial charge is 0.332 e. The van der Waals surface area contributed by atoms with Crippen LogP contribution in [0.3, 0.4) is 0 Å². The molecular formula is C26H25N3O5. The highest BCUT2D eigenvalue weighted by Gasteiger charge is 2.46. The lowest BCUT2D eigenvalue weighted by molar-refractivity contribution is -0.124. The van der Waals surface area contributed by atoms with Crippen LogP contribution in [0.5, 0.6) is 11.5 Å². The number of hydrogen-bond donors (Lipinski definition) is 1. The lowest BCUT2D eigenvalue weighted by Gasteiger charge is -2.22. The van der Waals surface area contributed by atoms with Gasteiger partial charge in [0, 0.05) is 18.3 Å². The topological polar surface area (TPSA) is 88.2 Å². The van der Waals surface area contributed by atoms with Crippen molar-refractivity contribution in [1.29, 1.82) is 0 Å². The van der Waals surface area contributed by atoms with E-state index >= 15 is 0 Å². The summed E-state index contributed by atoms with van der Waals surface area (Å²) in [7, 11) is 3.09. The standard InChI is InChI=1S/C26H25N3O5/c1-33-21-13-11-18(12-14-21)17-28-23(16-24(30)27-19-7-4-3-5-8-19)25(31)29(26(28)32)20-9-6-10-22(15-20)34-2/h3-15,23H,16-17H2,1-2H3,(H,27,30)/t23-/m1/s1. The number of nitrogens with one attached hydrogen (secondary N) is 1. The molecule has 1 aliphatic rings. The van der Waals surface area contributed by atoms with Crippen molar-refractivity contribution in [2.75, 3.05) is 24.4 Å². The van der Waals surface area contributed by atoms with Gasteiger partial charge in [-0.3, -0.25) is 9.59 Å². The average Bonchev–Trinajstić information content (AvgIpc) is 3.09. The third-order valence-electron chi connectivity index (χ3n) is 5.58. The second-order valence-electron chi connectivity index (χ2n) is 7.77. The second-order valence-corrected chi connectivity index (χ2v) is 7.77. The molecule has 0 unspecified atom stereocenters. The molecule has 4 rings (SSSR count). The molecule has 3 aromatic carbocycles. The highest BCUT2D eigenvalue weighted by molar-refractivity contribution is 6.22. The maximum absolute atomic E-state index is 13.4. The number of amides is 4. The summed E-state index contributed by atoms with van der Waals surface area (Å²) in [6, 6.07) is 21.5. The van der Waals surface area contributed by atoms with Crippen molar-refractivity contribution in [2.24, 2.45) is 0 Å². The van der Waals surface area contributed by atoms with Crippen LogP contribution in [0.1, 0.15) is 12.0 Å². The third-order valence-corrected chi connectivity index (χ3v) is 5.58. The Balaban J connectivity index is 1.61. The molecular weight excluding hydrogens is 434 g/mol. The highest BCUT2D eigenvalue weighted by atomic mass is 16.5. The van der Waals surface area contributed by atoms with Gasteiger partial charge in [0.15, 0.2) is 0 Å². The van der Waals surface area contributed by atoms with Crippen molar-refractivity contribution < 1.29 is 23.9 Å². The van der Waals surface area contributed by atoms with E-state index in [-0.39, 0.29) is 18.9 Å². The lowest BCUT2D eigenvalue weighted by atomic mass is 10.1.